The molecule has 0 aliphatic carbocycles. The molecule has 6 heteroatoms. The van der Waals surface area contributed by atoms with Crippen molar-refractivity contribution >= 4 is 10.9 Å². The van der Waals surface area contributed by atoms with Gasteiger partial charge >= 0.3 is 0 Å². The van der Waals surface area contributed by atoms with Crippen molar-refractivity contribution in [3.63, 3.8) is 0 Å². The van der Waals surface area contributed by atoms with Crippen LogP contribution in [-0.4, -0.2) is 56.9 Å². The third kappa shape index (κ3) is 3.33. The first-order chi connectivity index (χ1) is 12.1. The summed E-state index contributed by atoms with van der Waals surface area (Å²) in [6, 6.07) is 10.6. The number of likely N-dealkylation sites (N-methyl/N-ethyl adjacent to an activating group) is 1. The molecule has 6 nitrogen and oxygen atoms in total. The summed E-state index contributed by atoms with van der Waals surface area (Å²) in [6.45, 7) is 4.22. The van der Waals surface area contributed by atoms with Gasteiger partial charge in [-0.15, -0.1) is 0 Å². The molecule has 0 saturated heterocycles. The maximum atomic E-state index is 10.3. The molecule has 0 saturated carbocycles. The maximum absolute atomic E-state index is 10.3. The fraction of sp³-hybridized carbons (Fsp3) is 0.421. The molecule has 132 valence electrons. The number of rotatable bonds is 5. The van der Waals surface area contributed by atoms with E-state index in [0.29, 0.717) is 6.54 Å². The fourth-order valence-electron chi connectivity index (χ4n) is 3.61. The Bertz CT molecular complexity index is 866. The van der Waals surface area contributed by atoms with Crippen molar-refractivity contribution in [3.8, 4) is 0 Å². The van der Waals surface area contributed by atoms with Crippen molar-refractivity contribution in [2.75, 3.05) is 27.2 Å². The maximum Gasteiger partial charge on any atom is 0.110 e. The summed E-state index contributed by atoms with van der Waals surface area (Å²) in [5.41, 5.74) is 4.49. The molecule has 0 fully saturated rings. The highest BCUT2D eigenvalue weighted by atomic mass is 16.3. The van der Waals surface area contributed by atoms with E-state index >= 15 is 0 Å². The quantitative estimate of drug-likeness (QED) is 0.746. The highest BCUT2D eigenvalue weighted by Crippen LogP contribution is 2.23. The lowest BCUT2D eigenvalue weighted by Gasteiger charge is -2.27. The normalized spacial score (nSPS) is 16.5. The molecule has 4 rings (SSSR count). The zero-order valence-corrected chi connectivity index (χ0v) is 14.8. The van der Waals surface area contributed by atoms with Crippen LogP contribution in [-0.2, 0) is 19.6 Å². The fourth-order valence-corrected chi connectivity index (χ4v) is 3.61. The van der Waals surface area contributed by atoms with Crippen molar-refractivity contribution < 1.29 is 5.11 Å². The predicted molar refractivity (Wildman–Crippen MR) is 98.2 cm³/mol. The van der Waals surface area contributed by atoms with E-state index in [-0.39, 0.29) is 0 Å². The topological polar surface area (TPSA) is 60.3 Å². The Labute approximate surface area is 147 Å². The van der Waals surface area contributed by atoms with E-state index in [4.69, 9.17) is 0 Å². The van der Waals surface area contributed by atoms with Gasteiger partial charge in [0.25, 0.3) is 0 Å². The number of nitrogens with zero attached hydrogens (tertiary/aromatic N) is 4. The standard InChI is InChI=1S/C19H25N5O/c1-22(2)13-19(25)18-10-15-12-23(8-9-24(15)21-18)11-14-4-3-5-17-16(14)6-7-20-17/h3-7,10,19-20,25H,8-9,11-13H2,1-2H3/t19-/m0/s1. The Balaban J connectivity index is 1.49. The minimum Gasteiger partial charge on any atom is -0.385 e. The molecular weight excluding hydrogens is 314 g/mol. The van der Waals surface area contributed by atoms with Crippen LogP contribution in [0, 0.1) is 0 Å². The highest BCUT2D eigenvalue weighted by Gasteiger charge is 2.21. The molecular formula is C19H25N5O. The van der Waals surface area contributed by atoms with Crippen LogP contribution in [0.2, 0.25) is 0 Å². The first kappa shape index (κ1) is 16.3. The number of fused-ring (bicyclic) bond motifs is 2. The van der Waals surface area contributed by atoms with Gasteiger partial charge in [0.2, 0.25) is 0 Å². The van der Waals surface area contributed by atoms with Crippen molar-refractivity contribution in [2.24, 2.45) is 0 Å². The molecule has 0 radical (unpaired) electrons. The lowest BCUT2D eigenvalue weighted by molar-refractivity contribution is 0.133. The first-order valence-corrected chi connectivity index (χ1v) is 8.77. The van der Waals surface area contributed by atoms with E-state index in [2.05, 4.69) is 45.3 Å². The summed E-state index contributed by atoms with van der Waals surface area (Å²) >= 11 is 0. The minimum absolute atomic E-state index is 0.532. The van der Waals surface area contributed by atoms with Crippen LogP contribution >= 0.6 is 0 Å². The van der Waals surface area contributed by atoms with Crippen LogP contribution in [0.15, 0.2) is 36.5 Å². The van der Waals surface area contributed by atoms with E-state index in [1.807, 2.05) is 29.9 Å². The van der Waals surface area contributed by atoms with Gasteiger partial charge in [0, 0.05) is 43.3 Å². The van der Waals surface area contributed by atoms with Crippen molar-refractivity contribution in [1.29, 1.82) is 0 Å². The van der Waals surface area contributed by atoms with Gasteiger partial charge in [0.05, 0.1) is 17.9 Å². The predicted octanol–water partition coefficient (Wildman–Crippen LogP) is 1.98. The Hall–Kier alpha value is -2.15. The number of hydrogen-bond donors (Lipinski definition) is 2. The molecule has 3 aromatic rings. The van der Waals surface area contributed by atoms with Crippen LogP contribution in [0.4, 0.5) is 0 Å². The number of aromatic nitrogens is 3. The number of aromatic amines is 1. The molecule has 3 heterocycles. The van der Waals surface area contributed by atoms with Gasteiger partial charge in [0.1, 0.15) is 6.10 Å². The molecule has 0 amide bonds. The van der Waals surface area contributed by atoms with Gasteiger partial charge in [-0.1, -0.05) is 12.1 Å². The smallest absolute Gasteiger partial charge is 0.110 e. The van der Waals surface area contributed by atoms with Gasteiger partial charge in [-0.3, -0.25) is 9.58 Å². The van der Waals surface area contributed by atoms with Crippen LogP contribution in [0.1, 0.15) is 23.1 Å². The van der Waals surface area contributed by atoms with Gasteiger partial charge in [-0.25, -0.2) is 0 Å². The van der Waals surface area contributed by atoms with E-state index in [0.717, 1.165) is 31.9 Å². The van der Waals surface area contributed by atoms with E-state index < -0.39 is 6.10 Å². The second-order valence-electron chi connectivity index (χ2n) is 7.13. The average Bonchev–Trinajstić information content (AvgIpc) is 3.20. The van der Waals surface area contributed by atoms with Gasteiger partial charge in [-0.2, -0.15) is 5.10 Å². The summed E-state index contributed by atoms with van der Waals surface area (Å²) in [5.74, 6) is 0. The molecule has 1 aromatic carbocycles. The number of H-pyrrole nitrogens is 1. The second kappa shape index (κ2) is 6.63. The first-order valence-electron chi connectivity index (χ1n) is 8.77. The van der Waals surface area contributed by atoms with Crippen LogP contribution in [0.3, 0.4) is 0 Å². The summed E-state index contributed by atoms with van der Waals surface area (Å²) in [7, 11) is 3.92. The Morgan fingerprint density at radius 1 is 1.28 bits per heavy atom. The number of benzene rings is 1. The van der Waals surface area contributed by atoms with Crippen LogP contribution < -0.4 is 0 Å². The van der Waals surface area contributed by atoms with Crippen molar-refractivity contribution in [3.05, 3.63) is 53.5 Å². The molecule has 0 unspecified atom stereocenters. The van der Waals surface area contributed by atoms with Crippen molar-refractivity contribution in [2.45, 2.75) is 25.7 Å². The third-order valence-corrected chi connectivity index (χ3v) is 4.85. The third-order valence-electron chi connectivity index (χ3n) is 4.85. The van der Waals surface area contributed by atoms with Gasteiger partial charge in [0.15, 0.2) is 0 Å². The minimum atomic E-state index is -0.532. The van der Waals surface area contributed by atoms with Gasteiger partial charge < -0.3 is 15.0 Å². The van der Waals surface area contributed by atoms with E-state index in [1.54, 1.807) is 0 Å². The number of aliphatic hydroxyl groups excluding tert-OH is 1. The van der Waals surface area contributed by atoms with Crippen LogP contribution in [0.5, 0.6) is 0 Å². The number of nitrogens with one attached hydrogen (secondary N) is 1. The van der Waals surface area contributed by atoms with Crippen LogP contribution in [0.25, 0.3) is 10.9 Å². The largest absolute Gasteiger partial charge is 0.385 e. The molecule has 0 spiro atoms. The summed E-state index contributed by atoms with van der Waals surface area (Å²) in [5, 5.41) is 16.2. The Morgan fingerprint density at radius 2 is 2.16 bits per heavy atom. The average molecular weight is 339 g/mol. The molecule has 25 heavy (non-hydrogen) atoms. The number of hydrogen-bond acceptors (Lipinski definition) is 4. The summed E-state index contributed by atoms with van der Waals surface area (Å²) < 4.78 is 2.04. The highest BCUT2D eigenvalue weighted by molar-refractivity contribution is 5.82. The zero-order valence-electron chi connectivity index (χ0n) is 14.8. The molecule has 1 aliphatic heterocycles. The Kier molecular flexibility index (Phi) is 4.33. The SMILES string of the molecule is CN(C)C[C@H](O)c1cc2n(n1)CCN(Cc1cccc3[nH]ccc13)C2. The lowest BCUT2D eigenvalue weighted by Crippen LogP contribution is -2.33. The lowest BCUT2D eigenvalue weighted by atomic mass is 10.1. The molecule has 1 aliphatic rings. The summed E-state index contributed by atoms with van der Waals surface area (Å²) in [4.78, 5) is 7.70. The molecule has 2 N–H and O–H groups in total. The second-order valence-corrected chi connectivity index (χ2v) is 7.13. The number of aliphatic hydroxyl groups is 1. The molecule has 0 bridgehead atoms. The van der Waals surface area contributed by atoms with E-state index in [1.165, 1.54) is 22.2 Å². The monoisotopic (exact) mass is 339 g/mol. The zero-order chi connectivity index (χ0) is 17.4. The molecule has 2 aromatic heterocycles. The van der Waals surface area contributed by atoms with E-state index in [9.17, 15) is 5.11 Å². The molecule has 1 atom stereocenters. The summed E-state index contributed by atoms with van der Waals surface area (Å²) in [6.07, 6.45) is 1.47. The Morgan fingerprint density at radius 3 is 3.00 bits per heavy atom. The van der Waals surface area contributed by atoms with Gasteiger partial charge in [-0.05, 0) is 37.9 Å². The van der Waals surface area contributed by atoms with Crippen molar-refractivity contribution in [1.82, 2.24) is 24.6 Å².